The van der Waals surface area contributed by atoms with E-state index in [9.17, 15) is 19.0 Å². The number of carbonyl (C=O) groups excluding carboxylic acids is 2. The Morgan fingerprint density at radius 3 is 1.44 bits per heavy atom. The van der Waals surface area contributed by atoms with Crippen LogP contribution in [0.1, 0.15) is 194 Å². The number of nitrogens with two attached hydrogens (primary N) is 1. The van der Waals surface area contributed by atoms with Crippen LogP contribution in [-0.4, -0.2) is 49.3 Å². The maximum atomic E-state index is 12.6. The SMILES string of the molecule is CC/C=C\C/C=C\C/C=C\C/C=C\C/C=C\CCCCCCCC(=O)OC(COC(=O)CCCCCCCCCCCCCCCCC)COP(=O)(O)OCCN. The van der Waals surface area contributed by atoms with Crippen molar-refractivity contribution in [3.05, 3.63) is 60.8 Å². The molecule has 0 aliphatic rings. The van der Waals surface area contributed by atoms with Crippen molar-refractivity contribution >= 4 is 19.8 Å². The molecule has 0 saturated heterocycles. The molecule has 2 atom stereocenters. The van der Waals surface area contributed by atoms with Crippen LogP contribution in [0.5, 0.6) is 0 Å². The summed E-state index contributed by atoms with van der Waals surface area (Å²) in [4.78, 5) is 34.9. The molecule has 3 N–H and O–H groups in total. The van der Waals surface area contributed by atoms with Gasteiger partial charge in [-0.05, 0) is 57.8 Å². The van der Waals surface area contributed by atoms with Crippen molar-refractivity contribution in [1.29, 1.82) is 0 Å². The highest BCUT2D eigenvalue weighted by Crippen LogP contribution is 2.43. The van der Waals surface area contributed by atoms with Crippen LogP contribution < -0.4 is 5.73 Å². The minimum Gasteiger partial charge on any atom is -0.462 e. The van der Waals surface area contributed by atoms with Gasteiger partial charge in [0.15, 0.2) is 6.10 Å². The Morgan fingerprint density at radius 2 is 0.965 bits per heavy atom. The van der Waals surface area contributed by atoms with Crippen molar-refractivity contribution in [2.45, 2.75) is 200 Å². The molecule has 0 aliphatic heterocycles. The maximum Gasteiger partial charge on any atom is 0.472 e. The molecule has 2 unspecified atom stereocenters. The summed E-state index contributed by atoms with van der Waals surface area (Å²) in [5, 5.41) is 0. The predicted octanol–water partition coefficient (Wildman–Crippen LogP) is 13.3. The number of unbranched alkanes of at least 4 members (excludes halogenated alkanes) is 19. The first-order valence-corrected chi connectivity index (χ1v) is 24.3. The van der Waals surface area contributed by atoms with E-state index in [1.54, 1.807) is 0 Å². The molecule has 0 bridgehead atoms. The lowest BCUT2D eigenvalue weighted by Gasteiger charge is -2.19. The van der Waals surface area contributed by atoms with E-state index in [1.807, 2.05) is 0 Å². The molecule has 0 heterocycles. The van der Waals surface area contributed by atoms with E-state index < -0.39 is 26.5 Å². The number of hydrogen-bond donors (Lipinski definition) is 2. The lowest BCUT2D eigenvalue weighted by atomic mass is 10.0. The second-order valence-electron chi connectivity index (χ2n) is 14.9. The molecule has 57 heavy (non-hydrogen) atoms. The van der Waals surface area contributed by atoms with Crippen LogP contribution >= 0.6 is 7.82 Å². The van der Waals surface area contributed by atoms with Gasteiger partial charge in [-0.25, -0.2) is 4.57 Å². The molecular formula is C47H84NO8P. The summed E-state index contributed by atoms with van der Waals surface area (Å²) in [7, 11) is -4.38. The number of rotatable bonds is 42. The average Bonchev–Trinajstić information content (AvgIpc) is 3.20. The number of phosphoric ester groups is 1. The highest BCUT2D eigenvalue weighted by molar-refractivity contribution is 7.47. The van der Waals surface area contributed by atoms with Crippen molar-refractivity contribution < 1.29 is 37.6 Å². The van der Waals surface area contributed by atoms with Crippen molar-refractivity contribution in [2.24, 2.45) is 5.73 Å². The first-order valence-electron chi connectivity index (χ1n) is 22.8. The van der Waals surface area contributed by atoms with Crippen LogP contribution in [0.2, 0.25) is 0 Å². The lowest BCUT2D eigenvalue weighted by Crippen LogP contribution is -2.29. The maximum absolute atomic E-state index is 12.6. The normalized spacial score (nSPS) is 13.8. The zero-order valence-corrected chi connectivity index (χ0v) is 37.2. The van der Waals surface area contributed by atoms with Crippen LogP contribution in [0.4, 0.5) is 0 Å². The fraction of sp³-hybridized carbons (Fsp3) is 0.745. The zero-order valence-electron chi connectivity index (χ0n) is 36.3. The largest absolute Gasteiger partial charge is 0.472 e. The van der Waals surface area contributed by atoms with E-state index in [2.05, 4.69) is 74.6 Å². The Hall–Kier alpha value is -2.29. The quantitative estimate of drug-likeness (QED) is 0.0267. The molecule has 0 spiro atoms. The van der Waals surface area contributed by atoms with Gasteiger partial charge in [-0.1, -0.05) is 184 Å². The number of phosphoric acid groups is 1. The number of allylic oxidation sites excluding steroid dienone is 10. The van der Waals surface area contributed by atoms with Crippen molar-refractivity contribution in [2.75, 3.05) is 26.4 Å². The van der Waals surface area contributed by atoms with Gasteiger partial charge in [0, 0.05) is 19.4 Å². The molecule has 330 valence electrons. The minimum atomic E-state index is -4.38. The minimum absolute atomic E-state index is 0.0482. The highest BCUT2D eigenvalue weighted by atomic mass is 31.2. The van der Waals surface area contributed by atoms with E-state index in [0.29, 0.717) is 6.42 Å². The molecule has 0 saturated carbocycles. The summed E-state index contributed by atoms with van der Waals surface area (Å²) >= 11 is 0. The number of carbonyl (C=O) groups is 2. The highest BCUT2D eigenvalue weighted by Gasteiger charge is 2.26. The van der Waals surface area contributed by atoms with Gasteiger partial charge in [0.2, 0.25) is 0 Å². The topological polar surface area (TPSA) is 134 Å². The zero-order chi connectivity index (χ0) is 41.8. The van der Waals surface area contributed by atoms with Gasteiger partial charge in [0.1, 0.15) is 6.61 Å². The summed E-state index contributed by atoms with van der Waals surface area (Å²) in [6, 6.07) is 0. The molecule has 0 aromatic rings. The third kappa shape index (κ3) is 43.1. The third-order valence-corrected chi connectivity index (χ3v) is 10.4. The Bertz CT molecular complexity index is 1120. The Balaban J connectivity index is 4.17. The van der Waals surface area contributed by atoms with Gasteiger partial charge in [0.05, 0.1) is 13.2 Å². The number of ether oxygens (including phenoxy) is 2. The summed E-state index contributed by atoms with van der Waals surface area (Å²) in [6.45, 7) is 3.60. The van der Waals surface area contributed by atoms with Crippen LogP contribution in [0.3, 0.4) is 0 Å². The third-order valence-electron chi connectivity index (χ3n) is 9.42. The molecule has 10 heteroatoms. The van der Waals surface area contributed by atoms with Crippen LogP contribution in [0.15, 0.2) is 60.8 Å². The lowest BCUT2D eigenvalue weighted by molar-refractivity contribution is -0.161. The number of hydrogen-bond acceptors (Lipinski definition) is 8. The Kier molecular flexibility index (Phi) is 41.6. The molecule has 9 nitrogen and oxygen atoms in total. The molecule has 0 aromatic carbocycles. The van der Waals surface area contributed by atoms with Gasteiger partial charge in [0.25, 0.3) is 0 Å². The van der Waals surface area contributed by atoms with E-state index in [1.165, 1.54) is 77.0 Å². The van der Waals surface area contributed by atoms with Gasteiger partial charge < -0.3 is 20.1 Å². The molecule has 0 rings (SSSR count). The second kappa shape index (κ2) is 43.3. The summed E-state index contributed by atoms with van der Waals surface area (Å²) in [5.74, 6) is -0.849. The fourth-order valence-corrected chi connectivity index (χ4v) is 6.84. The van der Waals surface area contributed by atoms with E-state index in [0.717, 1.165) is 83.5 Å². The van der Waals surface area contributed by atoms with E-state index in [4.69, 9.17) is 24.3 Å². The van der Waals surface area contributed by atoms with Gasteiger partial charge >= 0.3 is 19.8 Å². The molecule has 0 aliphatic carbocycles. The standard InChI is InChI=1S/C47H84NO8P/c1-3-5-7-9-11-13-15-17-19-20-21-22-23-24-26-28-30-32-34-36-38-40-47(50)56-45(44-55-57(51,52)54-42-41-48)43-53-46(49)39-37-35-33-31-29-27-25-18-16-14-12-10-8-6-4-2/h5,7,11,13,17,19,21-22,24,26,45H,3-4,6,8-10,12,14-16,18,20,23,25,27-44,48H2,1-2H3,(H,51,52)/b7-5-,13-11-,19-17-,22-21-,26-24-. The van der Waals surface area contributed by atoms with E-state index >= 15 is 0 Å². The van der Waals surface area contributed by atoms with Crippen molar-refractivity contribution in [3.8, 4) is 0 Å². The van der Waals surface area contributed by atoms with Crippen LogP contribution in [0, 0.1) is 0 Å². The van der Waals surface area contributed by atoms with Gasteiger partial charge in [-0.15, -0.1) is 0 Å². The Labute approximate surface area is 349 Å². The Morgan fingerprint density at radius 1 is 0.544 bits per heavy atom. The first-order chi connectivity index (χ1) is 27.8. The monoisotopic (exact) mass is 822 g/mol. The fourth-order valence-electron chi connectivity index (χ4n) is 6.07. The predicted molar refractivity (Wildman–Crippen MR) is 238 cm³/mol. The average molecular weight is 822 g/mol. The van der Waals surface area contributed by atoms with E-state index in [-0.39, 0.29) is 38.6 Å². The molecular weight excluding hydrogens is 737 g/mol. The first kappa shape index (κ1) is 54.7. The van der Waals surface area contributed by atoms with Gasteiger partial charge in [-0.3, -0.25) is 18.6 Å². The van der Waals surface area contributed by atoms with Crippen molar-refractivity contribution in [3.63, 3.8) is 0 Å². The van der Waals surface area contributed by atoms with Crippen LogP contribution in [-0.2, 0) is 32.7 Å². The van der Waals surface area contributed by atoms with Gasteiger partial charge in [-0.2, -0.15) is 0 Å². The molecule has 0 radical (unpaired) electrons. The second-order valence-corrected chi connectivity index (χ2v) is 16.3. The number of esters is 2. The molecule has 0 aromatic heterocycles. The molecule has 0 fully saturated rings. The molecule has 0 amide bonds. The summed E-state index contributed by atoms with van der Waals surface area (Å²) in [5.41, 5.74) is 5.35. The van der Waals surface area contributed by atoms with Crippen molar-refractivity contribution in [1.82, 2.24) is 0 Å². The smallest absolute Gasteiger partial charge is 0.462 e. The summed E-state index contributed by atoms with van der Waals surface area (Å²) < 4.78 is 32.8. The summed E-state index contributed by atoms with van der Waals surface area (Å²) in [6.07, 6.45) is 51.0. The van der Waals surface area contributed by atoms with Crippen LogP contribution in [0.25, 0.3) is 0 Å².